The average molecular weight is 328 g/mol. The van der Waals surface area contributed by atoms with Gasteiger partial charge in [-0.05, 0) is 15.0 Å². The van der Waals surface area contributed by atoms with E-state index in [0.29, 0.717) is 6.42 Å². The molecule has 0 N–H and O–H groups in total. The summed E-state index contributed by atoms with van der Waals surface area (Å²) in [4.78, 5) is 20.9. The average Bonchev–Trinajstić information content (AvgIpc) is 2.44. The van der Waals surface area contributed by atoms with Crippen molar-refractivity contribution >= 4 is 16.5 Å². The summed E-state index contributed by atoms with van der Waals surface area (Å²) >= 11 is 0. The van der Waals surface area contributed by atoms with Crippen molar-refractivity contribution in [2.24, 2.45) is 5.92 Å². The SMILES string of the molecule is O=[P+]([O-])OC(CC1CCCCCC1)O[P+](=O)[O-].[Na+].[Na+]. The van der Waals surface area contributed by atoms with E-state index in [0.717, 1.165) is 25.7 Å². The fourth-order valence-corrected chi connectivity index (χ4v) is 2.88. The van der Waals surface area contributed by atoms with Gasteiger partial charge >= 0.3 is 75.6 Å². The van der Waals surface area contributed by atoms with Crippen LogP contribution in [0.4, 0.5) is 0 Å². The van der Waals surface area contributed by atoms with E-state index in [4.69, 9.17) is 0 Å². The molecule has 19 heavy (non-hydrogen) atoms. The van der Waals surface area contributed by atoms with E-state index < -0.39 is 22.8 Å². The first kappa shape index (κ1) is 23.3. The third-order valence-corrected chi connectivity index (χ3v) is 3.72. The second-order valence-corrected chi connectivity index (χ2v) is 5.50. The van der Waals surface area contributed by atoms with E-state index in [1.54, 1.807) is 0 Å². The summed E-state index contributed by atoms with van der Waals surface area (Å²) in [7, 11) is -6.19. The molecule has 0 radical (unpaired) electrons. The van der Waals surface area contributed by atoms with Crippen molar-refractivity contribution in [2.75, 3.05) is 0 Å². The molecular formula is C9H16Na2O6P2+2. The first-order valence-electron chi connectivity index (χ1n) is 5.70. The monoisotopic (exact) mass is 328 g/mol. The number of hydrogen-bond acceptors (Lipinski definition) is 6. The Labute approximate surface area is 159 Å². The van der Waals surface area contributed by atoms with Gasteiger partial charge in [0, 0.05) is 6.42 Å². The molecule has 2 unspecified atom stereocenters. The maximum Gasteiger partial charge on any atom is 1.00 e. The topological polar surface area (TPSA) is 98.7 Å². The van der Waals surface area contributed by atoms with Crippen LogP contribution in [-0.4, -0.2) is 6.29 Å². The van der Waals surface area contributed by atoms with Crippen molar-refractivity contribution in [2.45, 2.75) is 51.2 Å². The third-order valence-electron chi connectivity index (χ3n) is 2.91. The van der Waals surface area contributed by atoms with Gasteiger partial charge in [-0.2, -0.15) is 0 Å². The van der Waals surface area contributed by atoms with Crippen LogP contribution in [0.25, 0.3) is 0 Å². The van der Waals surface area contributed by atoms with Gasteiger partial charge in [-0.1, -0.05) is 38.5 Å². The van der Waals surface area contributed by atoms with Gasteiger partial charge in [0.15, 0.2) is 0 Å². The zero-order chi connectivity index (χ0) is 12.7. The smallest absolute Gasteiger partial charge is 0.566 e. The van der Waals surface area contributed by atoms with Crippen LogP contribution in [-0.2, 0) is 18.2 Å². The molecule has 0 amide bonds. The van der Waals surface area contributed by atoms with E-state index >= 15 is 0 Å². The summed E-state index contributed by atoms with van der Waals surface area (Å²) in [5, 5.41) is 0. The van der Waals surface area contributed by atoms with Crippen LogP contribution in [0.5, 0.6) is 0 Å². The quantitative estimate of drug-likeness (QED) is 0.212. The third kappa shape index (κ3) is 12.3. The molecule has 6 nitrogen and oxygen atoms in total. The normalized spacial score (nSPS) is 19.5. The Bertz CT molecular complexity index is 257. The van der Waals surface area contributed by atoms with Gasteiger partial charge in [0.05, 0.1) is 0 Å². The fourth-order valence-electron chi connectivity index (χ4n) is 2.17. The van der Waals surface area contributed by atoms with Gasteiger partial charge in [-0.25, -0.2) is 0 Å². The molecule has 0 heterocycles. The van der Waals surface area contributed by atoms with Crippen LogP contribution < -0.4 is 68.9 Å². The van der Waals surface area contributed by atoms with Crippen LogP contribution >= 0.6 is 16.5 Å². The van der Waals surface area contributed by atoms with Crippen molar-refractivity contribution in [3.63, 3.8) is 0 Å². The minimum absolute atomic E-state index is 0. The molecule has 2 atom stereocenters. The number of hydrogen-bond donors (Lipinski definition) is 0. The van der Waals surface area contributed by atoms with Gasteiger partial charge < -0.3 is 9.79 Å². The first-order valence-corrected chi connectivity index (χ1v) is 7.89. The van der Waals surface area contributed by atoms with Crippen LogP contribution in [0.1, 0.15) is 44.9 Å². The van der Waals surface area contributed by atoms with Crippen molar-refractivity contribution in [3.05, 3.63) is 0 Å². The summed E-state index contributed by atoms with van der Waals surface area (Å²) in [6, 6.07) is 0. The Morgan fingerprint density at radius 1 is 0.947 bits per heavy atom. The largest absolute Gasteiger partial charge is 1.00 e. The second-order valence-electron chi connectivity index (χ2n) is 4.18. The molecule has 1 fully saturated rings. The predicted octanol–water partition coefficient (Wildman–Crippen LogP) is -4.25. The summed E-state index contributed by atoms with van der Waals surface area (Å²) in [6.45, 7) is 0. The zero-order valence-electron chi connectivity index (χ0n) is 11.4. The molecule has 98 valence electrons. The van der Waals surface area contributed by atoms with Crippen molar-refractivity contribution < 1.29 is 87.1 Å². The molecule has 1 rings (SSSR count). The van der Waals surface area contributed by atoms with E-state index in [2.05, 4.69) is 9.05 Å². The van der Waals surface area contributed by atoms with Crippen LogP contribution in [0.15, 0.2) is 0 Å². The standard InChI is InChI=1S/C9H16O6P2.2Na/c10-16(11)14-9(15-17(12)13)7-8-5-3-1-2-4-6-8;;/h8-9H,1-7H2;;/q;2*+1. The molecule has 1 aliphatic carbocycles. The van der Waals surface area contributed by atoms with Gasteiger partial charge in [0.25, 0.3) is 6.29 Å². The van der Waals surface area contributed by atoms with E-state index in [1.807, 2.05) is 0 Å². The summed E-state index contributed by atoms with van der Waals surface area (Å²) < 4.78 is 29.8. The maximum atomic E-state index is 10.4. The molecule has 0 aliphatic heterocycles. The Balaban J connectivity index is 0. The van der Waals surface area contributed by atoms with E-state index in [9.17, 15) is 18.9 Å². The minimum atomic E-state index is -3.10. The fraction of sp³-hybridized carbons (Fsp3) is 1.00. The van der Waals surface area contributed by atoms with Crippen molar-refractivity contribution in [1.82, 2.24) is 0 Å². The Morgan fingerprint density at radius 3 is 1.74 bits per heavy atom. The first-order chi connectivity index (χ1) is 8.08. The predicted molar refractivity (Wildman–Crippen MR) is 57.0 cm³/mol. The molecule has 0 saturated heterocycles. The Hall–Kier alpha value is 2.04. The van der Waals surface area contributed by atoms with Gasteiger partial charge in [0.1, 0.15) is 0 Å². The molecule has 1 saturated carbocycles. The number of rotatable bonds is 6. The molecule has 1 aliphatic rings. The molecule has 0 aromatic heterocycles. The van der Waals surface area contributed by atoms with Crippen LogP contribution in [0.2, 0.25) is 0 Å². The second kappa shape index (κ2) is 13.7. The van der Waals surface area contributed by atoms with Crippen molar-refractivity contribution in [3.8, 4) is 0 Å². The molecule has 0 aromatic carbocycles. The van der Waals surface area contributed by atoms with Crippen LogP contribution in [0.3, 0.4) is 0 Å². The Kier molecular flexibility index (Phi) is 16.8. The minimum Gasteiger partial charge on any atom is -0.566 e. The molecule has 0 bridgehead atoms. The summed E-state index contributed by atoms with van der Waals surface area (Å²) in [5.41, 5.74) is 0. The van der Waals surface area contributed by atoms with Gasteiger partial charge in [-0.15, -0.1) is 9.05 Å². The maximum absolute atomic E-state index is 10.4. The van der Waals surface area contributed by atoms with Crippen molar-refractivity contribution in [1.29, 1.82) is 0 Å². The van der Waals surface area contributed by atoms with Gasteiger partial charge in [-0.3, -0.25) is 0 Å². The molecule has 0 aromatic rings. The van der Waals surface area contributed by atoms with Gasteiger partial charge in [0.2, 0.25) is 0 Å². The Morgan fingerprint density at radius 2 is 1.37 bits per heavy atom. The summed E-state index contributed by atoms with van der Waals surface area (Å²) in [5.74, 6) is 0.271. The molecule has 10 heteroatoms. The zero-order valence-corrected chi connectivity index (χ0v) is 17.2. The van der Waals surface area contributed by atoms with E-state index in [-0.39, 0.29) is 65.0 Å². The summed E-state index contributed by atoms with van der Waals surface area (Å²) in [6.07, 6.45) is 5.58. The van der Waals surface area contributed by atoms with E-state index in [1.165, 1.54) is 12.8 Å². The van der Waals surface area contributed by atoms with Crippen LogP contribution in [0, 0.1) is 5.92 Å². The molecule has 0 spiro atoms. The molecular weight excluding hydrogens is 312 g/mol.